The molecule has 0 saturated carbocycles. The highest BCUT2D eigenvalue weighted by molar-refractivity contribution is 9.10. The first-order chi connectivity index (χ1) is 15.1. The average Bonchev–Trinajstić information content (AvgIpc) is 2.72. The summed E-state index contributed by atoms with van der Waals surface area (Å²) in [7, 11) is 1.61. The predicted molar refractivity (Wildman–Crippen MR) is 133 cm³/mol. The van der Waals surface area contributed by atoms with Crippen molar-refractivity contribution in [1.29, 1.82) is 0 Å². The van der Waals surface area contributed by atoms with Gasteiger partial charge in [-0.25, -0.2) is 4.98 Å². The molecule has 0 saturated heterocycles. The summed E-state index contributed by atoms with van der Waals surface area (Å²) in [6.45, 7) is 12.5. The summed E-state index contributed by atoms with van der Waals surface area (Å²) >= 11 is 3.41. The first-order valence-corrected chi connectivity index (χ1v) is 11.1. The lowest BCUT2D eigenvalue weighted by atomic mass is 9.98. The molecule has 0 amide bonds. The maximum Gasteiger partial charge on any atom is 0.282 e. The van der Waals surface area contributed by atoms with Gasteiger partial charge in [-0.2, -0.15) is 9.78 Å². The van der Waals surface area contributed by atoms with Crippen LogP contribution in [-0.2, 0) is 6.42 Å². The van der Waals surface area contributed by atoms with Crippen LogP contribution in [0.25, 0.3) is 10.9 Å². The monoisotopic (exact) mass is 497 g/mol. The van der Waals surface area contributed by atoms with Crippen LogP contribution in [0.4, 0.5) is 0 Å². The van der Waals surface area contributed by atoms with E-state index in [4.69, 9.17) is 9.47 Å². The first-order valence-electron chi connectivity index (χ1n) is 10.3. The van der Waals surface area contributed by atoms with E-state index in [0.717, 1.165) is 15.6 Å². The molecule has 0 spiro atoms. The van der Waals surface area contributed by atoms with Gasteiger partial charge < -0.3 is 9.47 Å². The fraction of sp³-hybridized carbons (Fsp3) is 0.320. The molecular formula is C25H28BrN3O3. The van der Waals surface area contributed by atoms with Gasteiger partial charge >= 0.3 is 0 Å². The number of aryl methyl sites for hydroxylation is 1. The highest BCUT2D eigenvalue weighted by atomic mass is 79.9. The van der Waals surface area contributed by atoms with Crippen LogP contribution in [0.2, 0.25) is 0 Å². The van der Waals surface area contributed by atoms with Gasteiger partial charge in [0, 0.05) is 10.0 Å². The van der Waals surface area contributed by atoms with Gasteiger partial charge in [-0.15, -0.1) is 6.58 Å². The molecule has 0 N–H and O–H groups in total. The quantitative estimate of drug-likeness (QED) is 0.318. The van der Waals surface area contributed by atoms with Gasteiger partial charge in [-0.1, -0.05) is 42.8 Å². The molecule has 32 heavy (non-hydrogen) atoms. The summed E-state index contributed by atoms with van der Waals surface area (Å²) in [6, 6.07) is 9.24. The van der Waals surface area contributed by atoms with Crippen molar-refractivity contribution in [3.8, 4) is 11.5 Å². The van der Waals surface area contributed by atoms with Crippen molar-refractivity contribution in [2.75, 3.05) is 13.7 Å². The second-order valence-corrected chi connectivity index (χ2v) is 9.65. The lowest BCUT2D eigenvalue weighted by Gasteiger charge is -2.22. The van der Waals surface area contributed by atoms with Gasteiger partial charge in [0.05, 0.1) is 30.8 Å². The van der Waals surface area contributed by atoms with Crippen molar-refractivity contribution in [3.05, 3.63) is 74.8 Å². The van der Waals surface area contributed by atoms with Crippen LogP contribution < -0.4 is 15.0 Å². The Bertz CT molecular complexity index is 1240. The Morgan fingerprint density at radius 2 is 2.00 bits per heavy atom. The summed E-state index contributed by atoms with van der Waals surface area (Å²) in [5.41, 5.74) is 2.14. The lowest BCUT2D eigenvalue weighted by Crippen LogP contribution is -2.20. The summed E-state index contributed by atoms with van der Waals surface area (Å²) in [5.74, 6) is 1.81. The Labute approximate surface area is 196 Å². The zero-order valence-corrected chi connectivity index (χ0v) is 20.7. The summed E-state index contributed by atoms with van der Waals surface area (Å²) < 4.78 is 13.8. The van der Waals surface area contributed by atoms with E-state index in [1.165, 1.54) is 4.68 Å². The molecule has 0 aliphatic heterocycles. The maximum absolute atomic E-state index is 13.0. The van der Waals surface area contributed by atoms with Crippen molar-refractivity contribution in [2.45, 2.75) is 34.1 Å². The minimum Gasteiger partial charge on any atom is -0.493 e. The Balaban J connectivity index is 2.04. The van der Waals surface area contributed by atoms with E-state index in [0.29, 0.717) is 41.3 Å². The number of rotatable bonds is 7. The molecule has 6 nitrogen and oxygen atoms in total. The number of ether oxygens (including phenoxy) is 2. The number of allylic oxidation sites excluding steroid dienone is 1. The third-order valence-corrected chi connectivity index (χ3v) is 5.17. The normalized spacial score (nSPS) is 11.8. The standard InChI is InChI=1S/C25H28BrN3O3/c1-7-8-18-11-17(12-22(31-6)23(18)32-15-25(3,4)5)14-27-29-16(2)28-21-10-9-19(26)13-20(21)24(29)30/h7,9-14H,1,8,15H2,2-6H3. The van der Waals surface area contributed by atoms with E-state index in [1.54, 1.807) is 26.3 Å². The summed E-state index contributed by atoms with van der Waals surface area (Å²) in [6.07, 6.45) is 4.06. The number of hydrogen-bond donors (Lipinski definition) is 0. The van der Waals surface area contributed by atoms with Crippen molar-refractivity contribution in [1.82, 2.24) is 9.66 Å². The number of methoxy groups -OCH3 is 1. The van der Waals surface area contributed by atoms with E-state index < -0.39 is 0 Å². The van der Waals surface area contributed by atoms with Crippen LogP contribution in [0, 0.1) is 12.3 Å². The third-order valence-electron chi connectivity index (χ3n) is 4.68. The van der Waals surface area contributed by atoms with Gasteiger partial charge in [-0.3, -0.25) is 4.79 Å². The van der Waals surface area contributed by atoms with Crippen LogP contribution in [0.3, 0.4) is 0 Å². The first kappa shape index (κ1) is 23.7. The third kappa shape index (κ3) is 5.46. The van der Waals surface area contributed by atoms with Crippen molar-refractivity contribution < 1.29 is 9.47 Å². The SMILES string of the molecule is C=CCc1cc(C=Nn2c(C)nc3ccc(Br)cc3c2=O)cc(OC)c1OCC(C)(C)C. The van der Waals surface area contributed by atoms with Gasteiger partial charge in [0.1, 0.15) is 5.82 Å². The van der Waals surface area contributed by atoms with Crippen molar-refractivity contribution in [2.24, 2.45) is 10.5 Å². The van der Waals surface area contributed by atoms with Crippen LogP contribution in [-0.4, -0.2) is 29.6 Å². The molecule has 7 heteroatoms. The molecule has 3 rings (SSSR count). The Morgan fingerprint density at radius 3 is 2.66 bits per heavy atom. The highest BCUT2D eigenvalue weighted by Gasteiger charge is 2.17. The topological polar surface area (TPSA) is 65.7 Å². The molecule has 0 unspecified atom stereocenters. The van der Waals surface area contributed by atoms with Gasteiger partial charge in [-0.05, 0) is 54.7 Å². The number of fused-ring (bicyclic) bond motifs is 1. The molecule has 0 radical (unpaired) electrons. The smallest absolute Gasteiger partial charge is 0.282 e. The molecule has 168 valence electrons. The van der Waals surface area contributed by atoms with Gasteiger partial charge in [0.25, 0.3) is 5.56 Å². The lowest BCUT2D eigenvalue weighted by molar-refractivity contribution is 0.190. The molecule has 0 aliphatic rings. The molecule has 0 atom stereocenters. The minimum atomic E-state index is -0.228. The Morgan fingerprint density at radius 1 is 1.25 bits per heavy atom. The van der Waals surface area contributed by atoms with Crippen LogP contribution >= 0.6 is 15.9 Å². The fourth-order valence-electron chi connectivity index (χ4n) is 3.19. The zero-order chi connectivity index (χ0) is 23.5. The largest absolute Gasteiger partial charge is 0.493 e. The van der Waals surface area contributed by atoms with E-state index in [-0.39, 0.29) is 11.0 Å². The van der Waals surface area contributed by atoms with E-state index in [2.05, 4.69) is 53.4 Å². The highest BCUT2D eigenvalue weighted by Crippen LogP contribution is 2.34. The Hall–Kier alpha value is -2.93. The Kier molecular flexibility index (Phi) is 7.19. The average molecular weight is 498 g/mol. The van der Waals surface area contributed by atoms with Gasteiger partial charge in [0.15, 0.2) is 11.5 Å². The fourth-order valence-corrected chi connectivity index (χ4v) is 3.55. The number of aromatic nitrogens is 2. The van der Waals surface area contributed by atoms with E-state index >= 15 is 0 Å². The van der Waals surface area contributed by atoms with E-state index in [1.807, 2.05) is 30.3 Å². The van der Waals surface area contributed by atoms with E-state index in [9.17, 15) is 4.79 Å². The number of halogens is 1. The van der Waals surface area contributed by atoms with Crippen LogP contribution in [0.15, 0.2) is 57.4 Å². The second kappa shape index (κ2) is 9.69. The van der Waals surface area contributed by atoms with Crippen LogP contribution in [0.1, 0.15) is 37.7 Å². The van der Waals surface area contributed by atoms with Crippen molar-refractivity contribution >= 4 is 33.0 Å². The number of hydrogen-bond acceptors (Lipinski definition) is 5. The molecule has 1 aromatic heterocycles. The predicted octanol–water partition coefficient (Wildman–Crippen LogP) is 5.51. The summed E-state index contributed by atoms with van der Waals surface area (Å²) in [5, 5.41) is 4.92. The molecule has 2 aromatic carbocycles. The molecule has 0 aliphatic carbocycles. The van der Waals surface area contributed by atoms with Crippen molar-refractivity contribution in [3.63, 3.8) is 0 Å². The van der Waals surface area contributed by atoms with Gasteiger partial charge in [0.2, 0.25) is 0 Å². The molecule has 0 bridgehead atoms. The molecule has 0 fully saturated rings. The second-order valence-electron chi connectivity index (χ2n) is 8.74. The molecular weight excluding hydrogens is 470 g/mol. The molecule has 3 aromatic rings. The number of nitrogens with zero attached hydrogens (tertiary/aromatic N) is 3. The summed E-state index contributed by atoms with van der Waals surface area (Å²) in [4.78, 5) is 17.5. The number of benzene rings is 2. The minimum absolute atomic E-state index is 0.00730. The molecule has 1 heterocycles. The van der Waals surface area contributed by atoms with Crippen LogP contribution in [0.5, 0.6) is 11.5 Å². The maximum atomic E-state index is 13.0. The zero-order valence-electron chi connectivity index (χ0n) is 19.1.